The van der Waals surface area contributed by atoms with Crippen LogP contribution in [0.15, 0.2) is 30.3 Å². The fourth-order valence-electron chi connectivity index (χ4n) is 3.23. The molecule has 0 radical (unpaired) electrons. The van der Waals surface area contributed by atoms with E-state index in [9.17, 15) is 0 Å². The number of pyridine rings is 1. The Hall–Kier alpha value is -2.40. The van der Waals surface area contributed by atoms with Crippen molar-refractivity contribution < 1.29 is 0 Å². The van der Waals surface area contributed by atoms with Gasteiger partial charge in [0.15, 0.2) is 5.82 Å². The molecule has 0 saturated heterocycles. The average Bonchev–Trinajstić information content (AvgIpc) is 3.22. The summed E-state index contributed by atoms with van der Waals surface area (Å²) in [5, 5.41) is 1.07. The molecular formula is C17H14N4S. The first-order chi connectivity index (χ1) is 10.8. The van der Waals surface area contributed by atoms with Crippen molar-refractivity contribution in [1.82, 2.24) is 15.0 Å². The Morgan fingerprint density at radius 3 is 2.95 bits per heavy atom. The predicted molar refractivity (Wildman–Crippen MR) is 91.1 cm³/mol. The SMILES string of the molecule is Nc1c(-c2nc3ccccc3[nH]2)sc2nc3c(cc12)CCC3. The van der Waals surface area contributed by atoms with Gasteiger partial charge in [-0.05, 0) is 43.0 Å². The molecule has 5 rings (SSSR count). The van der Waals surface area contributed by atoms with Crippen LogP contribution >= 0.6 is 11.3 Å². The van der Waals surface area contributed by atoms with E-state index in [1.807, 2.05) is 24.3 Å². The molecule has 3 aromatic heterocycles. The summed E-state index contributed by atoms with van der Waals surface area (Å²) in [5.41, 5.74) is 11.8. The van der Waals surface area contributed by atoms with Gasteiger partial charge >= 0.3 is 0 Å². The molecule has 5 heteroatoms. The number of aryl methyl sites for hydroxylation is 2. The topological polar surface area (TPSA) is 67.6 Å². The van der Waals surface area contributed by atoms with Crippen molar-refractivity contribution >= 4 is 38.3 Å². The highest BCUT2D eigenvalue weighted by Gasteiger charge is 2.19. The Balaban J connectivity index is 1.75. The van der Waals surface area contributed by atoms with Crippen LogP contribution in [0.1, 0.15) is 17.7 Å². The number of rotatable bonds is 1. The Labute approximate surface area is 131 Å². The van der Waals surface area contributed by atoms with Crippen LogP contribution in [0.3, 0.4) is 0 Å². The number of para-hydroxylation sites is 2. The zero-order chi connectivity index (χ0) is 14.7. The number of hydrogen-bond donors (Lipinski definition) is 2. The average molecular weight is 306 g/mol. The molecule has 0 atom stereocenters. The number of H-pyrrole nitrogens is 1. The van der Waals surface area contributed by atoms with Crippen molar-refractivity contribution in [2.75, 3.05) is 5.73 Å². The molecule has 22 heavy (non-hydrogen) atoms. The number of anilines is 1. The molecule has 0 spiro atoms. The number of fused-ring (bicyclic) bond motifs is 3. The first kappa shape index (κ1) is 12.2. The first-order valence-electron chi connectivity index (χ1n) is 7.45. The zero-order valence-electron chi connectivity index (χ0n) is 11.9. The first-order valence-corrected chi connectivity index (χ1v) is 8.27. The number of benzene rings is 1. The van der Waals surface area contributed by atoms with Crippen molar-refractivity contribution in [3.63, 3.8) is 0 Å². The van der Waals surface area contributed by atoms with Gasteiger partial charge < -0.3 is 10.7 Å². The predicted octanol–water partition coefficient (Wildman–Crippen LogP) is 3.91. The van der Waals surface area contributed by atoms with E-state index in [1.165, 1.54) is 17.7 Å². The van der Waals surface area contributed by atoms with Gasteiger partial charge in [0.1, 0.15) is 4.83 Å². The smallest absolute Gasteiger partial charge is 0.150 e. The van der Waals surface area contributed by atoms with Crippen molar-refractivity contribution in [3.8, 4) is 10.7 Å². The van der Waals surface area contributed by atoms with E-state index in [2.05, 4.69) is 16.0 Å². The largest absolute Gasteiger partial charge is 0.397 e. The Kier molecular flexibility index (Phi) is 2.38. The van der Waals surface area contributed by atoms with E-state index in [0.29, 0.717) is 0 Å². The number of nitrogens with two attached hydrogens (primary N) is 1. The molecule has 1 aliphatic rings. The van der Waals surface area contributed by atoms with Crippen LogP contribution in [0.4, 0.5) is 5.69 Å². The fourth-order valence-corrected chi connectivity index (χ4v) is 4.28. The van der Waals surface area contributed by atoms with Crippen LogP contribution in [0.2, 0.25) is 0 Å². The summed E-state index contributed by atoms with van der Waals surface area (Å²) in [7, 11) is 0. The van der Waals surface area contributed by atoms with Gasteiger partial charge in [-0.2, -0.15) is 0 Å². The van der Waals surface area contributed by atoms with E-state index in [0.717, 1.165) is 50.5 Å². The Morgan fingerprint density at radius 2 is 2.05 bits per heavy atom. The van der Waals surface area contributed by atoms with E-state index in [1.54, 1.807) is 11.3 Å². The summed E-state index contributed by atoms with van der Waals surface area (Å²) in [4.78, 5) is 14.9. The van der Waals surface area contributed by atoms with E-state index >= 15 is 0 Å². The highest BCUT2D eigenvalue weighted by atomic mass is 32.1. The molecule has 0 bridgehead atoms. The molecule has 3 heterocycles. The van der Waals surface area contributed by atoms with Crippen LogP contribution in [-0.2, 0) is 12.8 Å². The van der Waals surface area contributed by atoms with Crippen LogP contribution in [0, 0.1) is 0 Å². The highest BCUT2D eigenvalue weighted by Crippen LogP contribution is 2.41. The Morgan fingerprint density at radius 1 is 1.14 bits per heavy atom. The van der Waals surface area contributed by atoms with E-state index in [-0.39, 0.29) is 0 Å². The summed E-state index contributed by atoms with van der Waals surface area (Å²) in [6.07, 6.45) is 3.41. The van der Waals surface area contributed by atoms with Crippen molar-refractivity contribution in [2.24, 2.45) is 0 Å². The molecule has 1 aromatic carbocycles. The zero-order valence-corrected chi connectivity index (χ0v) is 12.7. The molecule has 0 fully saturated rings. The number of nitrogens with zero attached hydrogens (tertiary/aromatic N) is 2. The summed E-state index contributed by atoms with van der Waals surface area (Å²) in [6.45, 7) is 0. The summed E-state index contributed by atoms with van der Waals surface area (Å²) in [5.74, 6) is 0.835. The Bertz CT molecular complexity index is 995. The van der Waals surface area contributed by atoms with Gasteiger partial charge in [0.25, 0.3) is 0 Å². The standard InChI is InChI=1S/C17H14N4S/c18-14-10-8-9-4-3-7-11(9)21-17(10)22-15(14)16-19-12-5-1-2-6-13(12)20-16/h1-2,5-6,8H,3-4,7,18H2,(H,19,20). The van der Waals surface area contributed by atoms with Crippen LogP contribution < -0.4 is 5.73 Å². The number of nitrogen functional groups attached to an aromatic ring is 1. The third kappa shape index (κ3) is 1.63. The van der Waals surface area contributed by atoms with Crippen molar-refractivity contribution in [3.05, 3.63) is 41.6 Å². The van der Waals surface area contributed by atoms with Crippen LogP contribution in [0.25, 0.3) is 32.0 Å². The third-order valence-electron chi connectivity index (χ3n) is 4.35. The highest BCUT2D eigenvalue weighted by molar-refractivity contribution is 7.22. The van der Waals surface area contributed by atoms with Gasteiger partial charge in [-0.25, -0.2) is 9.97 Å². The molecule has 0 saturated carbocycles. The van der Waals surface area contributed by atoms with Gasteiger partial charge in [-0.1, -0.05) is 12.1 Å². The quantitative estimate of drug-likeness (QED) is 0.560. The second-order valence-electron chi connectivity index (χ2n) is 5.75. The minimum absolute atomic E-state index is 0.793. The molecule has 4 aromatic rings. The number of aromatic amines is 1. The number of hydrogen-bond acceptors (Lipinski definition) is 4. The molecular weight excluding hydrogens is 292 g/mol. The number of aromatic nitrogens is 3. The van der Waals surface area contributed by atoms with Crippen molar-refractivity contribution in [2.45, 2.75) is 19.3 Å². The van der Waals surface area contributed by atoms with Gasteiger partial charge in [0, 0.05) is 11.1 Å². The lowest BCUT2D eigenvalue weighted by Crippen LogP contribution is -1.90. The molecule has 108 valence electrons. The van der Waals surface area contributed by atoms with Gasteiger partial charge in [0.05, 0.1) is 21.6 Å². The summed E-state index contributed by atoms with van der Waals surface area (Å²) < 4.78 is 0. The van der Waals surface area contributed by atoms with Crippen molar-refractivity contribution in [1.29, 1.82) is 0 Å². The molecule has 4 nitrogen and oxygen atoms in total. The number of imidazole rings is 1. The van der Waals surface area contributed by atoms with Gasteiger partial charge in [-0.3, -0.25) is 0 Å². The summed E-state index contributed by atoms with van der Waals surface area (Å²) in [6, 6.07) is 10.3. The van der Waals surface area contributed by atoms with Gasteiger partial charge in [0.2, 0.25) is 0 Å². The minimum Gasteiger partial charge on any atom is -0.397 e. The lowest BCUT2D eigenvalue weighted by Gasteiger charge is -1.98. The maximum absolute atomic E-state index is 6.40. The van der Waals surface area contributed by atoms with E-state index < -0.39 is 0 Å². The lowest BCUT2D eigenvalue weighted by molar-refractivity contribution is 0.901. The maximum Gasteiger partial charge on any atom is 0.150 e. The number of nitrogens with one attached hydrogen (secondary N) is 1. The second-order valence-corrected chi connectivity index (χ2v) is 6.75. The minimum atomic E-state index is 0.793. The number of thiophene rings is 1. The van der Waals surface area contributed by atoms with Gasteiger partial charge in [-0.15, -0.1) is 11.3 Å². The molecule has 1 aliphatic carbocycles. The van der Waals surface area contributed by atoms with Crippen LogP contribution in [0.5, 0.6) is 0 Å². The fraction of sp³-hybridized carbons (Fsp3) is 0.176. The molecule has 0 amide bonds. The van der Waals surface area contributed by atoms with Crippen LogP contribution in [-0.4, -0.2) is 15.0 Å². The summed E-state index contributed by atoms with van der Waals surface area (Å²) >= 11 is 1.63. The monoisotopic (exact) mass is 306 g/mol. The molecule has 3 N–H and O–H groups in total. The normalized spacial score (nSPS) is 14.0. The van der Waals surface area contributed by atoms with E-state index in [4.69, 9.17) is 10.7 Å². The third-order valence-corrected chi connectivity index (χ3v) is 5.48. The molecule has 0 aliphatic heterocycles. The maximum atomic E-state index is 6.40. The lowest BCUT2D eigenvalue weighted by atomic mass is 10.1. The molecule has 0 unspecified atom stereocenters. The second kappa shape index (κ2) is 4.30.